The van der Waals surface area contributed by atoms with Gasteiger partial charge in [-0.3, -0.25) is 19.4 Å². The summed E-state index contributed by atoms with van der Waals surface area (Å²) in [6.45, 7) is 7.45. The highest BCUT2D eigenvalue weighted by Gasteiger charge is 2.36. The van der Waals surface area contributed by atoms with E-state index < -0.39 is 6.10 Å². The number of nitrogens with one attached hydrogen (secondary N) is 1. The second-order valence-corrected chi connectivity index (χ2v) is 7.22. The Morgan fingerprint density at radius 2 is 2.00 bits per heavy atom. The molecule has 0 radical (unpaired) electrons. The van der Waals surface area contributed by atoms with E-state index in [0.717, 1.165) is 45.7 Å². The maximum atomic E-state index is 12.9. The monoisotopic (exact) mass is 358 g/mol. The first kappa shape index (κ1) is 17.3. The van der Waals surface area contributed by atoms with Crippen molar-refractivity contribution < 1.29 is 14.3 Å². The van der Waals surface area contributed by atoms with E-state index in [1.165, 1.54) is 0 Å². The van der Waals surface area contributed by atoms with Crippen molar-refractivity contribution in [2.75, 3.05) is 50.7 Å². The number of nitrogens with zero attached hydrogens (tertiary/aromatic N) is 3. The second kappa shape index (κ2) is 7.25. The lowest BCUT2D eigenvalue weighted by atomic mass is 10.2. The zero-order chi connectivity index (χ0) is 18.1. The van der Waals surface area contributed by atoms with E-state index in [2.05, 4.69) is 10.2 Å². The first-order valence-electron chi connectivity index (χ1n) is 9.43. The smallest absolute Gasteiger partial charge is 0.268 e. The summed E-state index contributed by atoms with van der Waals surface area (Å²) in [4.78, 5) is 31.4. The van der Waals surface area contributed by atoms with E-state index in [1.807, 2.05) is 29.2 Å². The average molecular weight is 358 g/mol. The molecule has 1 aromatic carbocycles. The van der Waals surface area contributed by atoms with Gasteiger partial charge < -0.3 is 15.0 Å². The molecule has 2 amide bonds. The van der Waals surface area contributed by atoms with Crippen LogP contribution in [0.4, 0.5) is 5.69 Å². The number of likely N-dealkylation sites (tertiary alicyclic amines) is 1. The van der Waals surface area contributed by atoms with Crippen molar-refractivity contribution >= 4 is 17.5 Å². The Kier molecular flexibility index (Phi) is 4.82. The van der Waals surface area contributed by atoms with Crippen molar-refractivity contribution in [3.8, 4) is 5.75 Å². The summed E-state index contributed by atoms with van der Waals surface area (Å²) >= 11 is 0. The summed E-state index contributed by atoms with van der Waals surface area (Å²) in [5, 5.41) is 3.37. The molecule has 1 aromatic rings. The Labute approximate surface area is 153 Å². The normalized spacial score (nSPS) is 26.6. The number of hydrogen-bond acceptors (Lipinski definition) is 5. The molecule has 7 nitrogen and oxygen atoms in total. The quantitative estimate of drug-likeness (QED) is 0.842. The number of piperazine rings is 1. The van der Waals surface area contributed by atoms with Crippen molar-refractivity contribution in [2.45, 2.75) is 25.5 Å². The molecular weight excluding hydrogens is 332 g/mol. The summed E-state index contributed by atoms with van der Waals surface area (Å²) < 4.78 is 5.65. The molecular formula is C19H26N4O3. The molecule has 0 spiro atoms. The van der Waals surface area contributed by atoms with Crippen LogP contribution in [0.1, 0.15) is 13.3 Å². The van der Waals surface area contributed by atoms with Gasteiger partial charge in [0.2, 0.25) is 5.91 Å². The van der Waals surface area contributed by atoms with Gasteiger partial charge >= 0.3 is 0 Å². The van der Waals surface area contributed by atoms with E-state index in [-0.39, 0.29) is 18.4 Å². The molecule has 0 bridgehead atoms. The van der Waals surface area contributed by atoms with Crippen LogP contribution in [0.25, 0.3) is 0 Å². The highest BCUT2D eigenvalue weighted by Crippen LogP contribution is 2.33. The molecule has 0 aromatic heterocycles. The minimum atomic E-state index is -0.565. The summed E-state index contributed by atoms with van der Waals surface area (Å²) in [5.41, 5.74) is 0.682. The molecule has 140 valence electrons. The number of fused-ring (bicyclic) bond motifs is 1. The lowest BCUT2D eigenvalue weighted by Gasteiger charge is -2.34. The zero-order valence-corrected chi connectivity index (χ0v) is 15.2. The predicted molar refractivity (Wildman–Crippen MR) is 98.3 cm³/mol. The molecule has 0 saturated carbocycles. The van der Waals surface area contributed by atoms with E-state index in [4.69, 9.17) is 4.74 Å². The molecule has 2 fully saturated rings. The first-order chi connectivity index (χ1) is 12.6. The fourth-order valence-electron chi connectivity index (χ4n) is 4.07. The van der Waals surface area contributed by atoms with Crippen molar-refractivity contribution in [1.82, 2.24) is 15.1 Å². The van der Waals surface area contributed by atoms with Crippen molar-refractivity contribution in [2.24, 2.45) is 0 Å². The van der Waals surface area contributed by atoms with Gasteiger partial charge in [0.15, 0.2) is 6.10 Å². The third-order valence-electron chi connectivity index (χ3n) is 5.55. The van der Waals surface area contributed by atoms with Crippen LogP contribution >= 0.6 is 0 Å². The third kappa shape index (κ3) is 3.29. The minimum absolute atomic E-state index is 0.0138. The van der Waals surface area contributed by atoms with Gasteiger partial charge in [-0.2, -0.15) is 0 Å². The van der Waals surface area contributed by atoms with E-state index in [0.29, 0.717) is 17.5 Å². The van der Waals surface area contributed by atoms with Crippen LogP contribution in [0, 0.1) is 0 Å². The SMILES string of the molecule is CC1Oc2ccccc2N(CC(=O)N2CCC(N3CCNCC3)C2)C1=O. The van der Waals surface area contributed by atoms with Crippen LogP contribution in [-0.2, 0) is 9.59 Å². The first-order valence-corrected chi connectivity index (χ1v) is 9.43. The van der Waals surface area contributed by atoms with Gasteiger partial charge in [0.25, 0.3) is 5.91 Å². The number of benzene rings is 1. The van der Waals surface area contributed by atoms with Crippen LogP contribution in [0.15, 0.2) is 24.3 Å². The van der Waals surface area contributed by atoms with E-state index in [9.17, 15) is 9.59 Å². The number of rotatable bonds is 3. The summed E-state index contributed by atoms with van der Waals surface area (Å²) in [5.74, 6) is 0.516. The Hall–Kier alpha value is -2.12. The molecule has 2 saturated heterocycles. The number of anilines is 1. The summed E-state index contributed by atoms with van der Waals surface area (Å²) in [6.07, 6.45) is 0.445. The van der Waals surface area contributed by atoms with Crippen molar-refractivity contribution in [1.29, 1.82) is 0 Å². The molecule has 1 N–H and O–H groups in total. The molecule has 3 aliphatic rings. The number of carbonyl (C=O) groups excluding carboxylic acids is 2. The van der Waals surface area contributed by atoms with Gasteiger partial charge in [-0.15, -0.1) is 0 Å². The highest BCUT2D eigenvalue weighted by atomic mass is 16.5. The Bertz CT molecular complexity index is 689. The minimum Gasteiger partial charge on any atom is -0.479 e. The summed E-state index contributed by atoms with van der Waals surface area (Å²) in [6, 6.07) is 7.85. The largest absolute Gasteiger partial charge is 0.479 e. The van der Waals surface area contributed by atoms with Gasteiger partial charge in [0, 0.05) is 45.3 Å². The van der Waals surface area contributed by atoms with Gasteiger partial charge in [-0.1, -0.05) is 12.1 Å². The Balaban J connectivity index is 1.42. The van der Waals surface area contributed by atoms with E-state index in [1.54, 1.807) is 11.8 Å². The Morgan fingerprint density at radius 3 is 2.81 bits per heavy atom. The van der Waals surface area contributed by atoms with Gasteiger partial charge in [0.05, 0.1) is 5.69 Å². The van der Waals surface area contributed by atoms with Crippen molar-refractivity contribution in [3.63, 3.8) is 0 Å². The second-order valence-electron chi connectivity index (χ2n) is 7.22. The van der Waals surface area contributed by atoms with Gasteiger partial charge in [-0.25, -0.2) is 0 Å². The van der Waals surface area contributed by atoms with Crippen LogP contribution in [-0.4, -0.2) is 79.6 Å². The molecule has 4 rings (SSSR count). The fourth-order valence-corrected chi connectivity index (χ4v) is 4.07. The molecule has 3 heterocycles. The van der Waals surface area contributed by atoms with Crippen LogP contribution in [0.5, 0.6) is 5.75 Å². The topological polar surface area (TPSA) is 65.1 Å². The van der Waals surface area contributed by atoms with Crippen LogP contribution in [0.3, 0.4) is 0 Å². The fraction of sp³-hybridized carbons (Fsp3) is 0.579. The Morgan fingerprint density at radius 1 is 1.23 bits per heavy atom. The third-order valence-corrected chi connectivity index (χ3v) is 5.55. The molecule has 7 heteroatoms. The molecule has 2 atom stereocenters. The van der Waals surface area contributed by atoms with Crippen LogP contribution < -0.4 is 15.0 Å². The average Bonchev–Trinajstić information content (AvgIpc) is 3.16. The van der Waals surface area contributed by atoms with Crippen LogP contribution in [0.2, 0.25) is 0 Å². The molecule has 2 unspecified atom stereocenters. The number of hydrogen-bond donors (Lipinski definition) is 1. The lowest BCUT2D eigenvalue weighted by molar-refractivity contribution is -0.132. The lowest BCUT2D eigenvalue weighted by Crippen LogP contribution is -2.51. The van der Waals surface area contributed by atoms with E-state index >= 15 is 0 Å². The molecule has 3 aliphatic heterocycles. The van der Waals surface area contributed by atoms with Gasteiger partial charge in [0.1, 0.15) is 12.3 Å². The maximum Gasteiger partial charge on any atom is 0.268 e. The standard InChI is InChI=1S/C19H26N4O3/c1-14-19(25)23(16-4-2-3-5-17(16)26-14)13-18(24)22-9-6-15(12-22)21-10-7-20-8-11-21/h2-5,14-15,20H,6-13H2,1H3. The highest BCUT2D eigenvalue weighted by molar-refractivity contribution is 6.03. The number of para-hydroxylation sites is 2. The molecule has 26 heavy (non-hydrogen) atoms. The number of amides is 2. The number of ether oxygens (including phenoxy) is 1. The molecule has 0 aliphatic carbocycles. The zero-order valence-electron chi connectivity index (χ0n) is 15.2. The van der Waals surface area contributed by atoms with Gasteiger partial charge in [-0.05, 0) is 25.5 Å². The summed E-state index contributed by atoms with van der Waals surface area (Å²) in [7, 11) is 0. The maximum absolute atomic E-state index is 12.9. The van der Waals surface area contributed by atoms with Crippen molar-refractivity contribution in [3.05, 3.63) is 24.3 Å². The number of carbonyl (C=O) groups is 2. The predicted octanol–water partition coefficient (Wildman–Crippen LogP) is 0.307.